The molecule has 0 radical (unpaired) electrons. The molecule has 2 atom stereocenters. The van der Waals surface area contributed by atoms with Crippen LogP contribution in [0.25, 0.3) is 0 Å². The van der Waals surface area contributed by atoms with Crippen LogP contribution in [0.1, 0.15) is 76.1 Å². The number of carbonyl (C=O) groups excluding carboxylic acids is 4. The van der Waals surface area contributed by atoms with Crippen molar-refractivity contribution in [1.29, 1.82) is 0 Å². The second kappa shape index (κ2) is 14.7. The van der Waals surface area contributed by atoms with Gasteiger partial charge in [-0.25, -0.2) is 4.79 Å². The van der Waals surface area contributed by atoms with Gasteiger partial charge < -0.3 is 31.1 Å². The maximum absolute atomic E-state index is 14.1. The number of rotatable bonds is 12. The Morgan fingerprint density at radius 2 is 1.68 bits per heavy atom. The van der Waals surface area contributed by atoms with E-state index in [-0.39, 0.29) is 17.9 Å². The normalized spacial score (nSPS) is 12.7. The van der Waals surface area contributed by atoms with Crippen LogP contribution in [0.15, 0.2) is 36.4 Å². The number of aryl methyl sites for hydroxylation is 2. The number of nitrogens with zero attached hydrogens (tertiary/aromatic N) is 1. The number of carbonyl (C=O) groups is 4. The Labute approximate surface area is 246 Å². The number of hydrogen-bond donors (Lipinski definition) is 4. The quantitative estimate of drug-likeness (QED) is 0.252. The van der Waals surface area contributed by atoms with E-state index in [2.05, 4.69) is 10.6 Å². The minimum Gasteiger partial charge on any atom is -0.507 e. The molecule has 0 aliphatic carbocycles. The number of unbranched alkanes of at least 4 members (excludes halogenated alkanes) is 2. The molecule has 0 aliphatic heterocycles. The number of para-hydroxylation sites is 2. The van der Waals surface area contributed by atoms with Crippen LogP contribution >= 0.6 is 11.6 Å². The number of hydrogen-bond acceptors (Lipinski definition) is 6. The average molecular weight is 589 g/mol. The van der Waals surface area contributed by atoms with Crippen molar-refractivity contribution in [3.63, 3.8) is 0 Å². The third-order valence-corrected chi connectivity index (χ3v) is 6.59. The van der Waals surface area contributed by atoms with Crippen molar-refractivity contribution in [3.05, 3.63) is 58.1 Å². The summed E-state index contributed by atoms with van der Waals surface area (Å²) in [4.78, 5) is 54.0. The average Bonchev–Trinajstić information content (AvgIpc) is 2.86. The van der Waals surface area contributed by atoms with Gasteiger partial charge in [-0.2, -0.15) is 0 Å². The van der Waals surface area contributed by atoms with Gasteiger partial charge in [0.05, 0.1) is 17.1 Å². The molecule has 0 saturated carbocycles. The number of alkyl carbamates (subject to hydrolysis) is 1. The molecular weight excluding hydrogens is 548 g/mol. The van der Waals surface area contributed by atoms with Crippen LogP contribution in [0, 0.1) is 13.8 Å². The molecule has 0 fully saturated rings. The molecule has 0 spiro atoms. The predicted molar refractivity (Wildman–Crippen MR) is 159 cm³/mol. The lowest BCUT2D eigenvalue weighted by Crippen LogP contribution is -2.53. The SMILES string of the molecule is CCCCCN(C(=O)C(CC(N)=O)NC(=O)OC(C)(C)C)C(C(=O)Nc1c(C)cccc1Cl)c1cccc(C)c1O. The van der Waals surface area contributed by atoms with E-state index in [1.54, 1.807) is 71.0 Å². The smallest absolute Gasteiger partial charge is 0.408 e. The highest BCUT2D eigenvalue weighted by Gasteiger charge is 2.38. The Hall–Kier alpha value is -3.79. The molecule has 5 N–H and O–H groups in total. The van der Waals surface area contributed by atoms with Gasteiger partial charge in [-0.1, -0.05) is 61.7 Å². The zero-order valence-corrected chi connectivity index (χ0v) is 25.3. The van der Waals surface area contributed by atoms with E-state index in [1.807, 2.05) is 6.92 Å². The van der Waals surface area contributed by atoms with Gasteiger partial charge in [-0.15, -0.1) is 0 Å². The first kappa shape index (κ1) is 33.4. The van der Waals surface area contributed by atoms with Crippen molar-refractivity contribution in [2.45, 2.75) is 84.9 Å². The fourth-order valence-corrected chi connectivity index (χ4v) is 4.55. The highest BCUT2D eigenvalue weighted by molar-refractivity contribution is 6.34. The first-order chi connectivity index (χ1) is 19.2. The Balaban J connectivity index is 2.65. The van der Waals surface area contributed by atoms with E-state index in [0.717, 1.165) is 12.8 Å². The van der Waals surface area contributed by atoms with Crippen molar-refractivity contribution >= 4 is 41.1 Å². The molecule has 0 heterocycles. The summed E-state index contributed by atoms with van der Waals surface area (Å²) in [6, 6.07) is 7.28. The molecule has 0 saturated heterocycles. The largest absolute Gasteiger partial charge is 0.507 e. The van der Waals surface area contributed by atoms with Gasteiger partial charge in [-0.05, 0) is 58.2 Å². The van der Waals surface area contributed by atoms with Gasteiger partial charge >= 0.3 is 6.09 Å². The summed E-state index contributed by atoms with van der Waals surface area (Å²) in [6.07, 6.45) is 0.631. The lowest BCUT2D eigenvalue weighted by molar-refractivity contribution is -0.142. The van der Waals surface area contributed by atoms with E-state index < -0.39 is 47.9 Å². The molecule has 0 aromatic heterocycles. The molecule has 2 aromatic carbocycles. The number of nitrogens with one attached hydrogen (secondary N) is 2. The van der Waals surface area contributed by atoms with Gasteiger partial charge in [0.15, 0.2) is 0 Å². The Morgan fingerprint density at radius 1 is 1.05 bits per heavy atom. The topological polar surface area (TPSA) is 151 Å². The fourth-order valence-electron chi connectivity index (χ4n) is 4.28. The summed E-state index contributed by atoms with van der Waals surface area (Å²) in [5, 5.41) is 16.6. The van der Waals surface area contributed by atoms with Crippen LogP contribution in [0.4, 0.5) is 10.5 Å². The molecule has 10 nitrogen and oxygen atoms in total. The lowest BCUT2D eigenvalue weighted by Gasteiger charge is -2.35. The molecule has 0 bridgehead atoms. The molecule has 41 heavy (non-hydrogen) atoms. The molecule has 4 amide bonds. The first-order valence-corrected chi connectivity index (χ1v) is 14.0. The second-order valence-electron chi connectivity index (χ2n) is 10.9. The van der Waals surface area contributed by atoms with Crippen molar-refractivity contribution in [2.75, 3.05) is 11.9 Å². The minimum atomic E-state index is -1.42. The predicted octanol–water partition coefficient (Wildman–Crippen LogP) is 5.13. The number of halogens is 1. The highest BCUT2D eigenvalue weighted by Crippen LogP contribution is 2.35. The summed E-state index contributed by atoms with van der Waals surface area (Å²) in [7, 11) is 0. The van der Waals surface area contributed by atoms with E-state index >= 15 is 0 Å². The molecule has 0 aliphatic rings. The summed E-state index contributed by atoms with van der Waals surface area (Å²) < 4.78 is 5.30. The van der Waals surface area contributed by atoms with Crippen LogP contribution in [-0.2, 0) is 19.1 Å². The van der Waals surface area contributed by atoms with Crippen molar-refractivity contribution in [1.82, 2.24) is 10.2 Å². The van der Waals surface area contributed by atoms with Gasteiger partial charge in [0, 0.05) is 12.1 Å². The second-order valence-corrected chi connectivity index (χ2v) is 11.4. The maximum Gasteiger partial charge on any atom is 0.408 e. The Bertz CT molecular complexity index is 1240. The van der Waals surface area contributed by atoms with E-state index in [0.29, 0.717) is 28.3 Å². The third-order valence-electron chi connectivity index (χ3n) is 6.27. The number of primary amides is 1. The fraction of sp³-hybridized carbons (Fsp3) is 0.467. The minimum absolute atomic E-state index is 0.0882. The van der Waals surface area contributed by atoms with Crippen LogP contribution < -0.4 is 16.4 Å². The Kier molecular flexibility index (Phi) is 12.0. The lowest BCUT2D eigenvalue weighted by atomic mass is 9.98. The van der Waals surface area contributed by atoms with E-state index in [1.165, 1.54) is 4.90 Å². The zero-order valence-electron chi connectivity index (χ0n) is 24.5. The molecule has 11 heteroatoms. The first-order valence-electron chi connectivity index (χ1n) is 13.6. The number of benzene rings is 2. The molecule has 224 valence electrons. The maximum atomic E-state index is 14.1. The molecule has 2 aromatic rings. The number of phenols is 1. The molecule has 2 rings (SSSR count). The number of ether oxygens (including phenoxy) is 1. The van der Waals surface area contributed by atoms with E-state index in [4.69, 9.17) is 22.1 Å². The summed E-state index contributed by atoms with van der Waals surface area (Å²) in [6.45, 7) is 10.5. The number of nitrogens with two attached hydrogens (primary N) is 1. The highest BCUT2D eigenvalue weighted by atomic mass is 35.5. The monoisotopic (exact) mass is 588 g/mol. The zero-order chi connectivity index (χ0) is 30.9. The van der Waals surface area contributed by atoms with Crippen LogP contribution in [0.2, 0.25) is 5.02 Å². The number of aromatic hydroxyl groups is 1. The standard InChI is InChI=1S/C30H41ClN4O6/c1-7-8-9-16-35(28(39)22(17-23(32)36)33-29(40)41-30(4,5)6)25(20-14-10-13-19(3)26(20)37)27(38)34-24-18(2)12-11-15-21(24)31/h10-15,22,25,37H,7-9,16-17H2,1-6H3,(H2,32,36)(H,33,40)(H,34,38). The van der Waals surface area contributed by atoms with Gasteiger partial charge in [0.25, 0.3) is 5.91 Å². The molecule has 2 unspecified atom stereocenters. The van der Waals surface area contributed by atoms with Gasteiger partial charge in [-0.3, -0.25) is 14.4 Å². The molecular formula is C30H41ClN4O6. The van der Waals surface area contributed by atoms with Crippen molar-refractivity contribution in [2.24, 2.45) is 5.73 Å². The number of amides is 4. The summed E-state index contributed by atoms with van der Waals surface area (Å²) in [5.74, 6) is -2.37. The van der Waals surface area contributed by atoms with Crippen LogP contribution in [-0.4, -0.2) is 52.0 Å². The third kappa shape index (κ3) is 9.67. The van der Waals surface area contributed by atoms with E-state index in [9.17, 15) is 24.3 Å². The van der Waals surface area contributed by atoms with Crippen LogP contribution in [0.5, 0.6) is 5.75 Å². The van der Waals surface area contributed by atoms with Crippen molar-refractivity contribution in [3.8, 4) is 5.75 Å². The number of anilines is 1. The van der Waals surface area contributed by atoms with Crippen molar-refractivity contribution < 1.29 is 29.0 Å². The summed E-state index contributed by atoms with van der Waals surface area (Å²) in [5.41, 5.74) is 6.30. The number of phenolic OH excluding ortho intramolecular Hbond substituents is 1. The van der Waals surface area contributed by atoms with Gasteiger partial charge in [0.2, 0.25) is 11.8 Å². The van der Waals surface area contributed by atoms with Crippen LogP contribution in [0.3, 0.4) is 0 Å². The Morgan fingerprint density at radius 3 is 2.27 bits per heavy atom. The summed E-state index contributed by atoms with van der Waals surface area (Å²) >= 11 is 6.39. The van der Waals surface area contributed by atoms with Gasteiger partial charge in [0.1, 0.15) is 23.4 Å².